The van der Waals surface area contributed by atoms with Crippen molar-refractivity contribution in [2.24, 2.45) is 11.3 Å². The molecule has 0 bridgehead atoms. The quantitative estimate of drug-likeness (QED) is 0.153. The molecule has 15 heteroatoms. The van der Waals surface area contributed by atoms with Gasteiger partial charge in [-0.05, 0) is 55.6 Å². The molecule has 4 N–H and O–H groups in total. The number of likely N-dealkylation sites (tertiary alicyclic amines) is 1. The SMILES string of the molecule is CCC[C@H](NC(=O)C1C[C@@H](Oc2ccc(OC)c3ccccc23)CN1C(=O)[C@@H](NC(=O)[C@@H](NC(=O)c1cnccn1)C1CCCCC1)C(C)(C)C)C(=O)C(=O)NC1CC1. The van der Waals surface area contributed by atoms with Crippen LogP contribution >= 0.6 is 0 Å². The average molecular weight is 812 g/mol. The first-order valence-corrected chi connectivity index (χ1v) is 20.8. The molecule has 5 atom stereocenters. The highest BCUT2D eigenvalue weighted by Crippen LogP contribution is 2.36. The lowest BCUT2D eigenvalue weighted by atomic mass is 9.82. The summed E-state index contributed by atoms with van der Waals surface area (Å²) in [4.78, 5) is 92.8. The van der Waals surface area contributed by atoms with Crippen LogP contribution in [0.25, 0.3) is 10.8 Å². The number of carbonyl (C=O) groups is 6. The fraction of sp³-hybridized carbons (Fsp3) is 0.545. The number of benzene rings is 2. The zero-order valence-corrected chi connectivity index (χ0v) is 34.6. The van der Waals surface area contributed by atoms with Crippen LogP contribution in [0.1, 0.15) is 102 Å². The minimum atomic E-state index is -1.14. The lowest BCUT2D eigenvalue weighted by molar-refractivity contribution is -0.145. The lowest BCUT2D eigenvalue weighted by Gasteiger charge is -2.37. The summed E-state index contributed by atoms with van der Waals surface area (Å²) in [6, 6.07) is 6.84. The van der Waals surface area contributed by atoms with Crippen LogP contribution in [0, 0.1) is 11.3 Å². The van der Waals surface area contributed by atoms with Crippen LogP contribution in [0.5, 0.6) is 11.5 Å². The number of nitrogens with zero attached hydrogens (tertiary/aromatic N) is 3. The Morgan fingerprint density at radius 3 is 2.20 bits per heavy atom. The first-order valence-electron chi connectivity index (χ1n) is 20.8. The number of Topliss-reactive ketones (excluding diaryl/α,β-unsaturated/α-hetero) is 1. The van der Waals surface area contributed by atoms with Gasteiger partial charge < -0.3 is 35.6 Å². The minimum absolute atomic E-state index is 0.0102. The number of amides is 5. The monoisotopic (exact) mass is 811 g/mol. The molecule has 6 rings (SSSR count). The number of ketones is 1. The molecule has 2 saturated carbocycles. The summed E-state index contributed by atoms with van der Waals surface area (Å²) in [5.74, 6) is -2.66. The summed E-state index contributed by atoms with van der Waals surface area (Å²) < 4.78 is 12.2. The smallest absolute Gasteiger partial charge is 0.289 e. The maximum atomic E-state index is 15.0. The normalized spacial score (nSPS) is 19.8. The largest absolute Gasteiger partial charge is 0.496 e. The zero-order chi connectivity index (χ0) is 42.3. The number of rotatable bonds is 16. The van der Waals surface area contributed by atoms with Crippen molar-refractivity contribution < 1.29 is 38.2 Å². The van der Waals surface area contributed by atoms with Crippen molar-refractivity contribution in [3.63, 3.8) is 0 Å². The number of nitrogens with one attached hydrogen (secondary N) is 4. The van der Waals surface area contributed by atoms with Crippen molar-refractivity contribution in [2.75, 3.05) is 13.7 Å². The van der Waals surface area contributed by atoms with E-state index >= 15 is 0 Å². The number of hydrogen-bond acceptors (Lipinski definition) is 10. The Morgan fingerprint density at radius 1 is 0.881 bits per heavy atom. The van der Waals surface area contributed by atoms with Crippen molar-refractivity contribution in [1.29, 1.82) is 0 Å². The Balaban J connectivity index is 1.29. The molecule has 5 amide bonds. The van der Waals surface area contributed by atoms with Gasteiger partial charge in [0.2, 0.25) is 23.5 Å². The maximum Gasteiger partial charge on any atom is 0.289 e. The third-order valence-electron chi connectivity index (χ3n) is 11.4. The molecule has 1 aromatic heterocycles. The number of hydrogen-bond donors (Lipinski definition) is 4. The second-order valence-electron chi connectivity index (χ2n) is 17.0. The van der Waals surface area contributed by atoms with Crippen LogP contribution < -0.4 is 30.7 Å². The summed E-state index contributed by atoms with van der Waals surface area (Å²) in [5.41, 5.74) is -0.789. The van der Waals surface area contributed by atoms with E-state index in [1.165, 1.54) is 23.5 Å². The zero-order valence-electron chi connectivity index (χ0n) is 34.6. The molecule has 3 fully saturated rings. The highest BCUT2D eigenvalue weighted by molar-refractivity contribution is 6.38. The third-order valence-corrected chi connectivity index (χ3v) is 11.4. The fourth-order valence-corrected chi connectivity index (χ4v) is 8.09. The third kappa shape index (κ3) is 10.5. The van der Waals surface area contributed by atoms with Crippen LogP contribution in [0.3, 0.4) is 0 Å². The summed E-state index contributed by atoms with van der Waals surface area (Å²) >= 11 is 0. The van der Waals surface area contributed by atoms with Gasteiger partial charge in [-0.2, -0.15) is 0 Å². The summed E-state index contributed by atoms with van der Waals surface area (Å²) in [5, 5.41) is 13.0. The summed E-state index contributed by atoms with van der Waals surface area (Å²) in [7, 11) is 1.59. The van der Waals surface area contributed by atoms with Crippen molar-refractivity contribution in [3.05, 3.63) is 60.7 Å². The molecule has 316 valence electrons. The van der Waals surface area contributed by atoms with Gasteiger partial charge in [0.25, 0.3) is 11.8 Å². The number of fused-ring (bicyclic) bond motifs is 1. The predicted molar refractivity (Wildman–Crippen MR) is 219 cm³/mol. The molecule has 3 aliphatic rings. The van der Waals surface area contributed by atoms with Crippen molar-refractivity contribution in [1.82, 2.24) is 36.1 Å². The fourth-order valence-electron chi connectivity index (χ4n) is 8.09. The van der Waals surface area contributed by atoms with Crippen LogP contribution in [-0.2, 0) is 24.0 Å². The molecule has 0 radical (unpaired) electrons. The van der Waals surface area contributed by atoms with Crippen LogP contribution in [-0.4, -0.2) is 100 Å². The maximum absolute atomic E-state index is 15.0. The van der Waals surface area contributed by atoms with Crippen LogP contribution in [0.4, 0.5) is 0 Å². The van der Waals surface area contributed by atoms with Crippen LogP contribution in [0.2, 0.25) is 0 Å². The van der Waals surface area contributed by atoms with Crippen molar-refractivity contribution in [2.45, 2.75) is 128 Å². The number of aromatic nitrogens is 2. The Bertz CT molecular complexity index is 2010. The molecule has 15 nitrogen and oxygen atoms in total. The van der Waals surface area contributed by atoms with Gasteiger partial charge in [0, 0.05) is 35.6 Å². The Hall–Kier alpha value is -5.60. The van der Waals surface area contributed by atoms with E-state index < -0.39 is 71.0 Å². The topological polar surface area (TPSA) is 198 Å². The van der Waals surface area contributed by atoms with Gasteiger partial charge in [0.05, 0.1) is 25.9 Å². The molecule has 3 aromatic rings. The molecule has 1 aliphatic heterocycles. The molecule has 59 heavy (non-hydrogen) atoms. The van der Waals surface area contributed by atoms with Gasteiger partial charge in [-0.15, -0.1) is 0 Å². The lowest BCUT2D eigenvalue weighted by Crippen LogP contribution is -2.62. The summed E-state index contributed by atoms with van der Waals surface area (Å²) in [6.45, 7) is 7.30. The molecule has 2 heterocycles. The van der Waals surface area contributed by atoms with E-state index in [1.54, 1.807) is 19.2 Å². The van der Waals surface area contributed by atoms with Gasteiger partial charge in [0.15, 0.2) is 0 Å². The van der Waals surface area contributed by atoms with Gasteiger partial charge in [-0.3, -0.25) is 33.8 Å². The first kappa shape index (κ1) is 43.0. The molecule has 2 aliphatic carbocycles. The van der Waals surface area contributed by atoms with Crippen molar-refractivity contribution in [3.8, 4) is 11.5 Å². The Morgan fingerprint density at radius 2 is 1.58 bits per heavy atom. The van der Waals surface area contributed by atoms with Crippen LogP contribution in [0.15, 0.2) is 55.0 Å². The van der Waals surface area contributed by atoms with E-state index in [2.05, 4.69) is 31.2 Å². The highest BCUT2D eigenvalue weighted by Gasteiger charge is 2.47. The second-order valence-corrected chi connectivity index (χ2v) is 17.0. The standard InChI is InChI=1S/C44H57N7O8/c1-6-12-31(37(52)42(56)47-27-17-18-27)48-40(54)33-23-28(59-35-20-19-34(58-5)29-15-10-11-16-30(29)35)25-51(33)43(57)38(44(2,3)4)50-41(55)36(26-13-8-7-9-14-26)49-39(53)32-24-45-21-22-46-32/h10-11,15-16,19-22,24,26-28,31,33,36,38H,6-9,12-14,17-18,23,25H2,1-5H3,(H,47,56)(H,48,54)(H,49,53)(H,50,55)/t28-,31+,33?,36+,38-/m1/s1. The van der Waals surface area contributed by atoms with E-state index in [9.17, 15) is 28.8 Å². The van der Waals surface area contributed by atoms with E-state index in [1.807, 2.05) is 52.0 Å². The highest BCUT2D eigenvalue weighted by atomic mass is 16.5. The van der Waals surface area contributed by atoms with E-state index in [4.69, 9.17) is 9.47 Å². The van der Waals surface area contributed by atoms with Gasteiger partial charge in [0.1, 0.15) is 41.4 Å². The van der Waals surface area contributed by atoms with Gasteiger partial charge >= 0.3 is 0 Å². The summed E-state index contributed by atoms with van der Waals surface area (Å²) in [6.07, 6.45) is 10.2. The van der Waals surface area contributed by atoms with E-state index in [0.29, 0.717) is 17.9 Å². The van der Waals surface area contributed by atoms with Gasteiger partial charge in [-0.1, -0.05) is 77.6 Å². The Labute approximate surface area is 345 Å². The Kier molecular flexibility index (Phi) is 13.8. The molecule has 1 saturated heterocycles. The first-order chi connectivity index (χ1) is 28.3. The minimum Gasteiger partial charge on any atom is -0.496 e. The molecular weight excluding hydrogens is 755 g/mol. The molecule has 1 unspecified atom stereocenters. The average Bonchev–Trinajstić information content (AvgIpc) is 3.96. The number of methoxy groups -OCH3 is 1. The molecule has 2 aromatic carbocycles. The molecular formula is C44H57N7O8. The van der Waals surface area contributed by atoms with Gasteiger partial charge in [-0.25, -0.2) is 4.98 Å². The van der Waals surface area contributed by atoms with E-state index in [0.717, 1.165) is 55.7 Å². The number of carbonyl (C=O) groups excluding carboxylic acids is 6. The second kappa shape index (κ2) is 19.0. The van der Waals surface area contributed by atoms with Crippen molar-refractivity contribution >= 4 is 46.1 Å². The molecule has 0 spiro atoms. The van der Waals surface area contributed by atoms with E-state index in [-0.39, 0.29) is 37.0 Å². The number of ether oxygens (including phenoxy) is 2. The predicted octanol–water partition coefficient (Wildman–Crippen LogP) is 4.03.